The molecule has 4 heteroatoms. The van der Waals surface area contributed by atoms with Crippen LogP contribution in [0.5, 0.6) is 5.88 Å². The third-order valence-corrected chi connectivity index (χ3v) is 4.23. The highest BCUT2D eigenvalue weighted by atomic mass is 32.1. The number of nitrogens with zero attached hydrogens (tertiary/aromatic N) is 2. The second-order valence-corrected chi connectivity index (χ2v) is 5.03. The zero-order valence-electron chi connectivity index (χ0n) is 8.78. The number of fused-ring (bicyclic) bond motifs is 3. The van der Waals surface area contributed by atoms with E-state index in [0.29, 0.717) is 5.92 Å². The topological polar surface area (TPSA) is 35.0 Å². The molecule has 3 nitrogen and oxygen atoms in total. The normalized spacial score (nSPS) is 19.5. The van der Waals surface area contributed by atoms with Gasteiger partial charge in [-0.3, -0.25) is 0 Å². The van der Waals surface area contributed by atoms with Crippen molar-refractivity contribution in [2.24, 2.45) is 0 Å². The number of aryl methyl sites for hydroxylation is 1. The molecule has 2 heterocycles. The van der Waals surface area contributed by atoms with Gasteiger partial charge in [-0.1, -0.05) is 6.92 Å². The van der Waals surface area contributed by atoms with E-state index in [2.05, 4.69) is 16.9 Å². The Morgan fingerprint density at radius 3 is 3.13 bits per heavy atom. The summed E-state index contributed by atoms with van der Waals surface area (Å²) in [6, 6.07) is 0. The minimum Gasteiger partial charge on any atom is -0.480 e. The van der Waals surface area contributed by atoms with Crippen molar-refractivity contribution in [1.29, 1.82) is 0 Å². The van der Waals surface area contributed by atoms with E-state index in [1.165, 1.54) is 23.3 Å². The van der Waals surface area contributed by atoms with Crippen LogP contribution in [0.25, 0.3) is 10.2 Å². The van der Waals surface area contributed by atoms with Crippen LogP contribution in [0.1, 0.15) is 29.7 Å². The monoisotopic (exact) mass is 220 g/mol. The van der Waals surface area contributed by atoms with E-state index in [4.69, 9.17) is 4.74 Å². The molecular weight excluding hydrogens is 208 g/mol. The minimum absolute atomic E-state index is 0.619. The third-order valence-electron chi connectivity index (χ3n) is 3.06. The first-order valence-corrected chi connectivity index (χ1v) is 5.93. The van der Waals surface area contributed by atoms with Crippen LogP contribution in [0.15, 0.2) is 6.33 Å². The number of thiophene rings is 1. The van der Waals surface area contributed by atoms with E-state index in [-0.39, 0.29) is 0 Å². The number of ether oxygens (including phenoxy) is 1. The SMILES string of the molecule is COc1ncnc2sc3c(c12)C(C)CC3. The quantitative estimate of drug-likeness (QED) is 0.741. The van der Waals surface area contributed by atoms with Crippen molar-refractivity contribution in [3.05, 3.63) is 16.8 Å². The lowest BCUT2D eigenvalue weighted by molar-refractivity contribution is 0.402. The highest BCUT2D eigenvalue weighted by Gasteiger charge is 2.26. The molecule has 1 aliphatic rings. The summed E-state index contributed by atoms with van der Waals surface area (Å²) in [5, 5.41) is 1.14. The van der Waals surface area contributed by atoms with Crippen LogP contribution in [0.4, 0.5) is 0 Å². The van der Waals surface area contributed by atoms with E-state index in [9.17, 15) is 0 Å². The van der Waals surface area contributed by atoms with Gasteiger partial charge in [-0.15, -0.1) is 11.3 Å². The molecule has 0 aliphatic heterocycles. The van der Waals surface area contributed by atoms with Gasteiger partial charge < -0.3 is 4.74 Å². The Kier molecular flexibility index (Phi) is 1.92. The Hall–Kier alpha value is -1.16. The molecule has 0 bridgehead atoms. The molecule has 0 aromatic carbocycles. The summed E-state index contributed by atoms with van der Waals surface area (Å²) in [4.78, 5) is 11.0. The van der Waals surface area contributed by atoms with Gasteiger partial charge in [0.15, 0.2) is 0 Å². The van der Waals surface area contributed by atoms with Crippen molar-refractivity contribution in [1.82, 2.24) is 9.97 Å². The molecule has 0 spiro atoms. The van der Waals surface area contributed by atoms with E-state index < -0.39 is 0 Å². The zero-order chi connectivity index (χ0) is 10.4. The molecular formula is C11H12N2OS. The molecule has 78 valence electrons. The first-order valence-electron chi connectivity index (χ1n) is 5.11. The second kappa shape index (κ2) is 3.17. The Morgan fingerprint density at radius 1 is 1.47 bits per heavy atom. The molecule has 1 atom stereocenters. The van der Waals surface area contributed by atoms with Crippen molar-refractivity contribution in [2.75, 3.05) is 7.11 Å². The van der Waals surface area contributed by atoms with Crippen LogP contribution in [0.3, 0.4) is 0 Å². The molecule has 0 fully saturated rings. The number of hydrogen-bond acceptors (Lipinski definition) is 4. The number of methoxy groups -OCH3 is 1. The average Bonchev–Trinajstić information content (AvgIpc) is 2.78. The molecule has 0 N–H and O–H groups in total. The summed E-state index contributed by atoms with van der Waals surface area (Å²) in [5.74, 6) is 1.35. The fraction of sp³-hybridized carbons (Fsp3) is 0.455. The van der Waals surface area contributed by atoms with Crippen LogP contribution < -0.4 is 4.74 Å². The van der Waals surface area contributed by atoms with E-state index in [1.54, 1.807) is 24.8 Å². The van der Waals surface area contributed by atoms with Gasteiger partial charge >= 0.3 is 0 Å². The van der Waals surface area contributed by atoms with Gasteiger partial charge in [0.25, 0.3) is 0 Å². The van der Waals surface area contributed by atoms with Gasteiger partial charge in [0.2, 0.25) is 5.88 Å². The number of rotatable bonds is 1. The van der Waals surface area contributed by atoms with Crippen molar-refractivity contribution in [3.8, 4) is 5.88 Å². The highest BCUT2D eigenvalue weighted by molar-refractivity contribution is 7.19. The lowest BCUT2D eigenvalue weighted by Gasteiger charge is -2.05. The molecule has 3 rings (SSSR count). The maximum Gasteiger partial charge on any atom is 0.225 e. The fourth-order valence-electron chi connectivity index (χ4n) is 2.33. The van der Waals surface area contributed by atoms with Gasteiger partial charge in [-0.05, 0) is 24.3 Å². The lowest BCUT2D eigenvalue weighted by atomic mass is 10.0. The van der Waals surface area contributed by atoms with Crippen molar-refractivity contribution in [3.63, 3.8) is 0 Å². The van der Waals surface area contributed by atoms with Crippen LogP contribution in [0.2, 0.25) is 0 Å². The predicted molar refractivity (Wildman–Crippen MR) is 60.7 cm³/mol. The van der Waals surface area contributed by atoms with Gasteiger partial charge in [0, 0.05) is 4.88 Å². The van der Waals surface area contributed by atoms with Gasteiger partial charge in [-0.25, -0.2) is 9.97 Å². The van der Waals surface area contributed by atoms with Crippen LogP contribution >= 0.6 is 11.3 Å². The first-order chi connectivity index (χ1) is 7.31. The molecule has 2 aromatic heterocycles. The molecule has 0 saturated carbocycles. The second-order valence-electron chi connectivity index (χ2n) is 3.94. The smallest absolute Gasteiger partial charge is 0.225 e. The third kappa shape index (κ3) is 1.17. The van der Waals surface area contributed by atoms with Crippen molar-refractivity contribution in [2.45, 2.75) is 25.7 Å². The molecule has 15 heavy (non-hydrogen) atoms. The zero-order valence-corrected chi connectivity index (χ0v) is 9.60. The molecule has 2 aromatic rings. The van der Waals surface area contributed by atoms with E-state index in [0.717, 1.165) is 16.1 Å². The Morgan fingerprint density at radius 2 is 2.33 bits per heavy atom. The fourth-order valence-corrected chi connectivity index (χ4v) is 3.59. The first kappa shape index (κ1) is 9.09. The summed E-state index contributed by atoms with van der Waals surface area (Å²) >= 11 is 1.79. The van der Waals surface area contributed by atoms with E-state index >= 15 is 0 Å². The molecule has 0 saturated heterocycles. The summed E-state index contributed by atoms with van der Waals surface area (Å²) in [6.07, 6.45) is 4.01. The van der Waals surface area contributed by atoms with Crippen molar-refractivity contribution >= 4 is 21.6 Å². The minimum atomic E-state index is 0.619. The number of hydrogen-bond donors (Lipinski definition) is 0. The summed E-state index contributed by atoms with van der Waals surface area (Å²) in [6.45, 7) is 2.27. The predicted octanol–water partition coefficient (Wildman–Crippen LogP) is 2.75. The Bertz CT molecular complexity index is 521. The van der Waals surface area contributed by atoms with E-state index in [1.807, 2.05) is 0 Å². The van der Waals surface area contributed by atoms with Crippen LogP contribution in [-0.4, -0.2) is 17.1 Å². The average molecular weight is 220 g/mol. The molecule has 0 amide bonds. The molecule has 1 unspecified atom stereocenters. The molecule has 0 radical (unpaired) electrons. The summed E-state index contributed by atoms with van der Waals surface area (Å²) < 4.78 is 5.31. The molecule has 1 aliphatic carbocycles. The summed E-state index contributed by atoms with van der Waals surface area (Å²) in [7, 11) is 1.67. The van der Waals surface area contributed by atoms with Gasteiger partial charge in [-0.2, -0.15) is 0 Å². The number of aromatic nitrogens is 2. The maximum atomic E-state index is 5.31. The Labute approximate surface area is 92.1 Å². The highest BCUT2D eigenvalue weighted by Crippen LogP contribution is 2.45. The van der Waals surface area contributed by atoms with Gasteiger partial charge in [0.05, 0.1) is 12.5 Å². The van der Waals surface area contributed by atoms with Crippen molar-refractivity contribution < 1.29 is 4.74 Å². The van der Waals surface area contributed by atoms with Crippen LogP contribution in [-0.2, 0) is 6.42 Å². The lowest BCUT2D eigenvalue weighted by Crippen LogP contribution is -1.92. The summed E-state index contributed by atoms with van der Waals surface area (Å²) in [5.41, 5.74) is 1.42. The standard InChI is InChI=1S/C11H12N2OS/c1-6-3-4-7-8(6)9-10(14-2)12-5-13-11(9)15-7/h5-6H,3-4H2,1-2H3. The van der Waals surface area contributed by atoms with Crippen LogP contribution in [0, 0.1) is 0 Å². The maximum absolute atomic E-state index is 5.31. The Balaban J connectivity index is 2.38. The largest absolute Gasteiger partial charge is 0.480 e. The van der Waals surface area contributed by atoms with Gasteiger partial charge in [0.1, 0.15) is 11.2 Å².